The smallest absolute Gasteiger partial charge is 0.163 e. The molecule has 4 N–H and O–H groups in total. The maximum Gasteiger partial charge on any atom is 0.163 e. The Kier molecular flexibility index (Phi) is 8.55. The predicted molar refractivity (Wildman–Crippen MR) is 145 cm³/mol. The van der Waals surface area contributed by atoms with E-state index in [0.29, 0.717) is 59.0 Å². The monoisotopic (exact) mass is 542 g/mol. The summed E-state index contributed by atoms with van der Waals surface area (Å²) in [5.41, 5.74) is 9.99. The van der Waals surface area contributed by atoms with Gasteiger partial charge in [-0.05, 0) is 32.2 Å². The molecule has 1 aliphatic heterocycles. The minimum absolute atomic E-state index is 0.115. The van der Waals surface area contributed by atoms with Gasteiger partial charge in [0.2, 0.25) is 0 Å². The van der Waals surface area contributed by atoms with Crippen molar-refractivity contribution in [2.75, 3.05) is 32.1 Å². The topological polar surface area (TPSA) is 135 Å². The molecule has 0 radical (unpaired) electrons. The summed E-state index contributed by atoms with van der Waals surface area (Å²) >= 11 is 13.0. The summed E-state index contributed by atoms with van der Waals surface area (Å²) in [5, 5.41) is 13.6. The number of hydrogen-bond donors (Lipinski definition) is 3. The first kappa shape index (κ1) is 26.7. The molecular weight excluding hydrogens is 515 g/mol. The van der Waals surface area contributed by atoms with E-state index >= 15 is 0 Å². The van der Waals surface area contributed by atoms with E-state index in [4.69, 9.17) is 43.6 Å². The van der Waals surface area contributed by atoms with Crippen LogP contribution >= 0.6 is 23.2 Å². The lowest BCUT2D eigenvalue weighted by atomic mass is 10.1. The third-order valence-electron chi connectivity index (χ3n) is 5.88. The Morgan fingerprint density at radius 1 is 1.35 bits per heavy atom. The zero-order valence-electron chi connectivity index (χ0n) is 20.7. The second kappa shape index (κ2) is 11.8. The van der Waals surface area contributed by atoms with E-state index in [-0.39, 0.29) is 11.6 Å². The van der Waals surface area contributed by atoms with E-state index < -0.39 is 6.10 Å². The van der Waals surface area contributed by atoms with Crippen LogP contribution in [0, 0.1) is 6.92 Å². The summed E-state index contributed by atoms with van der Waals surface area (Å²) in [6, 6.07) is 5.19. The largest absolute Gasteiger partial charge is 0.491 e. The molecule has 0 bridgehead atoms. The molecule has 0 saturated heterocycles. The Labute approximate surface area is 225 Å². The molecule has 0 aliphatic carbocycles. The maximum absolute atomic E-state index is 10.0. The molecule has 12 heteroatoms. The number of nitrogens with two attached hydrogens (primary N) is 1. The number of nitrogens with zero attached hydrogens (tertiary/aromatic N) is 6. The molecule has 10 nitrogen and oxygen atoms in total. The van der Waals surface area contributed by atoms with Crippen molar-refractivity contribution >= 4 is 34.7 Å². The molecule has 0 amide bonds. The molecule has 1 atom stereocenters. The lowest BCUT2D eigenvalue weighted by Gasteiger charge is -2.22. The van der Waals surface area contributed by atoms with Crippen molar-refractivity contribution in [2.24, 2.45) is 10.7 Å². The van der Waals surface area contributed by atoms with Crippen molar-refractivity contribution in [1.82, 2.24) is 25.3 Å². The van der Waals surface area contributed by atoms with E-state index in [1.165, 1.54) is 6.20 Å². The lowest BCUT2D eigenvalue weighted by molar-refractivity contribution is 0.108. The molecule has 0 unspecified atom stereocenters. The van der Waals surface area contributed by atoms with Crippen LogP contribution in [0.1, 0.15) is 22.5 Å². The van der Waals surface area contributed by atoms with Crippen LogP contribution < -0.4 is 20.7 Å². The van der Waals surface area contributed by atoms with E-state index in [2.05, 4.69) is 25.2 Å². The molecular formula is C25H28Cl2N8O2. The Morgan fingerprint density at radius 2 is 2.16 bits per heavy atom. The number of allylic oxidation sites excluding steroid dienone is 1. The van der Waals surface area contributed by atoms with Crippen molar-refractivity contribution in [2.45, 2.75) is 26.1 Å². The number of aliphatic hydroxyl groups excluding tert-OH is 1. The zero-order chi connectivity index (χ0) is 26.5. The Balaban J connectivity index is 1.81. The van der Waals surface area contributed by atoms with Gasteiger partial charge in [-0.25, -0.2) is 19.9 Å². The first-order valence-electron chi connectivity index (χ1n) is 11.6. The van der Waals surface area contributed by atoms with Crippen molar-refractivity contribution in [3.8, 4) is 17.1 Å². The summed E-state index contributed by atoms with van der Waals surface area (Å²) in [7, 11) is 3.39. The second-order valence-corrected chi connectivity index (χ2v) is 9.26. The van der Waals surface area contributed by atoms with Gasteiger partial charge in [-0.3, -0.25) is 4.99 Å². The highest BCUT2D eigenvalue weighted by Gasteiger charge is 2.27. The van der Waals surface area contributed by atoms with Gasteiger partial charge in [-0.2, -0.15) is 0 Å². The van der Waals surface area contributed by atoms with Crippen LogP contribution in [-0.4, -0.2) is 64.1 Å². The molecule has 3 aromatic rings. The minimum atomic E-state index is -0.661. The lowest BCUT2D eigenvalue weighted by Crippen LogP contribution is -2.29. The highest BCUT2D eigenvalue weighted by molar-refractivity contribution is 6.46. The van der Waals surface area contributed by atoms with Gasteiger partial charge in [0.15, 0.2) is 5.82 Å². The van der Waals surface area contributed by atoms with Gasteiger partial charge in [0.1, 0.15) is 36.3 Å². The fourth-order valence-corrected chi connectivity index (χ4v) is 4.45. The van der Waals surface area contributed by atoms with Crippen LogP contribution in [-0.2, 0) is 13.1 Å². The summed E-state index contributed by atoms with van der Waals surface area (Å²) in [6.45, 7) is 3.59. The molecule has 0 saturated carbocycles. The van der Waals surface area contributed by atoms with Crippen LogP contribution in [0.4, 0.5) is 5.82 Å². The van der Waals surface area contributed by atoms with Gasteiger partial charge in [0.25, 0.3) is 0 Å². The Hall–Kier alpha value is -3.31. The van der Waals surface area contributed by atoms with Gasteiger partial charge in [-0.1, -0.05) is 23.2 Å². The Morgan fingerprint density at radius 3 is 2.86 bits per heavy atom. The van der Waals surface area contributed by atoms with Crippen molar-refractivity contribution in [3.63, 3.8) is 0 Å². The highest BCUT2D eigenvalue weighted by Crippen LogP contribution is 2.35. The number of aliphatic imine (C=N–C) groups is 1. The van der Waals surface area contributed by atoms with Crippen LogP contribution in [0.3, 0.4) is 0 Å². The zero-order valence-corrected chi connectivity index (χ0v) is 22.3. The number of hydrogen-bond acceptors (Lipinski definition) is 10. The van der Waals surface area contributed by atoms with E-state index in [1.807, 2.05) is 13.1 Å². The van der Waals surface area contributed by atoms with E-state index in [0.717, 1.165) is 16.8 Å². The number of aromatic nitrogens is 4. The normalized spacial score (nSPS) is 14.6. The first-order valence-corrected chi connectivity index (χ1v) is 12.3. The fraction of sp³-hybridized carbons (Fsp3) is 0.320. The summed E-state index contributed by atoms with van der Waals surface area (Å²) in [4.78, 5) is 24.7. The predicted octanol–water partition coefficient (Wildman–Crippen LogP) is 2.83. The third kappa shape index (κ3) is 5.83. The highest BCUT2D eigenvalue weighted by atomic mass is 35.5. The number of aliphatic hydroxyl groups is 1. The quantitative estimate of drug-likeness (QED) is 0.348. The number of halogens is 2. The van der Waals surface area contributed by atoms with Gasteiger partial charge in [0, 0.05) is 49.2 Å². The summed E-state index contributed by atoms with van der Waals surface area (Å²) in [5.74, 6) is 1.58. The maximum atomic E-state index is 10.0. The number of ether oxygens (including phenoxy) is 1. The molecule has 2 aromatic heterocycles. The fourth-order valence-electron chi connectivity index (χ4n) is 4.07. The number of nitrogens with one attached hydrogen (secondary N) is 1. The number of likely N-dealkylation sites (N-methyl/N-ethyl adjacent to an activating group) is 1. The minimum Gasteiger partial charge on any atom is -0.491 e. The number of rotatable bonds is 9. The van der Waals surface area contributed by atoms with Crippen LogP contribution in [0.5, 0.6) is 5.75 Å². The SMILES string of the molecule is CN=C(C(Cl)=CN)c1nc(-c2cc(OC[C@H](O)CNC)ccc2Cl)nc(N2Cc3cncnc3C2)c1C. The van der Waals surface area contributed by atoms with Crippen LogP contribution in [0.2, 0.25) is 5.02 Å². The van der Waals surface area contributed by atoms with Gasteiger partial charge >= 0.3 is 0 Å². The summed E-state index contributed by atoms with van der Waals surface area (Å²) in [6.07, 6.45) is 3.97. The average molecular weight is 543 g/mol. The molecule has 0 spiro atoms. The second-order valence-electron chi connectivity index (χ2n) is 8.45. The van der Waals surface area contributed by atoms with Gasteiger partial charge in [-0.15, -0.1) is 0 Å². The van der Waals surface area contributed by atoms with Crippen molar-refractivity contribution in [3.05, 3.63) is 69.5 Å². The van der Waals surface area contributed by atoms with Crippen LogP contribution in [0.15, 0.2) is 46.9 Å². The molecule has 37 heavy (non-hydrogen) atoms. The van der Waals surface area contributed by atoms with E-state index in [9.17, 15) is 5.11 Å². The first-order chi connectivity index (χ1) is 17.9. The molecule has 3 heterocycles. The average Bonchev–Trinajstić information content (AvgIpc) is 3.33. The standard InChI is InChI=1S/C25H28Cl2N8O2/c1-14-22(23(30-3)20(27)7-28)33-24(34-25(14)35-10-15-8-31-13-32-21(15)11-35)18-6-17(4-5-19(18)26)37-12-16(36)9-29-2/h4-8,13,16,29,36H,9-12,28H2,1-3H3/t16-/m1/s1. The third-order valence-corrected chi connectivity index (χ3v) is 6.52. The summed E-state index contributed by atoms with van der Waals surface area (Å²) < 4.78 is 5.79. The van der Waals surface area contributed by atoms with Gasteiger partial charge < -0.3 is 25.8 Å². The van der Waals surface area contributed by atoms with Crippen molar-refractivity contribution < 1.29 is 9.84 Å². The molecule has 1 aromatic carbocycles. The number of fused-ring (bicyclic) bond motifs is 1. The number of anilines is 1. The van der Waals surface area contributed by atoms with Crippen molar-refractivity contribution in [1.29, 1.82) is 0 Å². The van der Waals surface area contributed by atoms with E-state index in [1.54, 1.807) is 38.6 Å². The van der Waals surface area contributed by atoms with Crippen LogP contribution in [0.25, 0.3) is 11.4 Å². The molecule has 4 rings (SSSR count). The number of benzene rings is 1. The Bertz CT molecular complexity index is 1320. The molecule has 194 valence electrons. The van der Waals surface area contributed by atoms with Gasteiger partial charge in [0.05, 0.1) is 28.0 Å². The molecule has 0 fully saturated rings. The molecule has 1 aliphatic rings.